The van der Waals surface area contributed by atoms with Crippen LogP contribution in [0.4, 0.5) is 5.82 Å². The molecule has 0 atom stereocenters. The number of fused-ring (bicyclic) bond motifs is 1. The molecule has 0 radical (unpaired) electrons. The summed E-state index contributed by atoms with van der Waals surface area (Å²) in [5.74, 6) is 1.06. The second kappa shape index (κ2) is 7.81. The van der Waals surface area contributed by atoms with Crippen molar-refractivity contribution >= 4 is 33.3 Å². The Morgan fingerprint density at radius 1 is 1.03 bits per heavy atom. The number of aromatic nitrogens is 5. The number of rotatable bonds is 5. The third kappa shape index (κ3) is 3.73. The molecule has 0 aliphatic rings. The minimum absolute atomic E-state index is 0.177. The van der Waals surface area contributed by atoms with Crippen LogP contribution >= 0.6 is 11.3 Å². The highest BCUT2D eigenvalue weighted by Crippen LogP contribution is 2.29. The fourth-order valence-electron chi connectivity index (χ4n) is 3.51. The largest absolute Gasteiger partial charge is 0.306 e. The van der Waals surface area contributed by atoms with E-state index in [9.17, 15) is 4.79 Å². The van der Waals surface area contributed by atoms with Crippen LogP contribution in [-0.4, -0.2) is 30.5 Å². The predicted octanol–water partition coefficient (Wildman–Crippen LogP) is 4.60. The van der Waals surface area contributed by atoms with E-state index in [0.717, 1.165) is 21.6 Å². The van der Waals surface area contributed by atoms with Crippen LogP contribution in [0, 0.1) is 13.8 Å². The van der Waals surface area contributed by atoms with Crippen molar-refractivity contribution in [3.8, 4) is 5.82 Å². The normalized spacial score (nSPS) is 11.2. The summed E-state index contributed by atoms with van der Waals surface area (Å²) in [5, 5.41) is 13.1. The number of hydrogen-bond donors (Lipinski definition) is 1. The Morgan fingerprint density at radius 3 is 2.61 bits per heavy atom. The molecule has 0 bridgehead atoms. The molecule has 1 aromatic carbocycles. The summed E-state index contributed by atoms with van der Waals surface area (Å²) in [5.41, 5.74) is 2.88. The van der Waals surface area contributed by atoms with Crippen LogP contribution in [0.2, 0.25) is 0 Å². The molecule has 8 heteroatoms. The van der Waals surface area contributed by atoms with Gasteiger partial charge in [-0.3, -0.25) is 9.48 Å². The molecule has 0 saturated heterocycles. The zero-order chi connectivity index (χ0) is 21.4. The van der Waals surface area contributed by atoms with Crippen LogP contribution in [0.25, 0.3) is 16.0 Å². The fraction of sp³-hybridized carbons (Fsp3) is 0.130. The van der Waals surface area contributed by atoms with Crippen LogP contribution in [0.15, 0.2) is 66.9 Å². The molecular weight excluding hydrogens is 408 g/mol. The third-order valence-electron chi connectivity index (χ3n) is 4.95. The van der Waals surface area contributed by atoms with Crippen molar-refractivity contribution in [3.63, 3.8) is 0 Å². The van der Waals surface area contributed by atoms with E-state index in [1.807, 2.05) is 67.1 Å². The van der Waals surface area contributed by atoms with Crippen molar-refractivity contribution in [1.82, 2.24) is 24.5 Å². The number of nitrogens with one attached hydrogen (secondary N) is 1. The lowest BCUT2D eigenvalue weighted by Gasteiger charge is -2.07. The Hall–Kier alpha value is -3.78. The molecule has 0 unspecified atom stereocenters. The van der Waals surface area contributed by atoms with Gasteiger partial charge in [-0.2, -0.15) is 14.9 Å². The van der Waals surface area contributed by atoms with Crippen molar-refractivity contribution in [3.05, 3.63) is 88.7 Å². The highest BCUT2D eigenvalue weighted by molar-refractivity contribution is 7.20. The maximum Gasteiger partial charge on any atom is 0.266 e. The van der Waals surface area contributed by atoms with Crippen LogP contribution in [0.1, 0.15) is 26.6 Å². The summed E-state index contributed by atoms with van der Waals surface area (Å²) >= 11 is 1.44. The van der Waals surface area contributed by atoms with Gasteiger partial charge in [-0.25, -0.2) is 4.98 Å². The first-order valence-corrected chi connectivity index (χ1v) is 10.7. The van der Waals surface area contributed by atoms with Gasteiger partial charge >= 0.3 is 0 Å². The average molecular weight is 429 g/mol. The third-order valence-corrected chi connectivity index (χ3v) is 6.09. The summed E-state index contributed by atoms with van der Waals surface area (Å²) in [4.78, 5) is 19.0. The van der Waals surface area contributed by atoms with Crippen LogP contribution < -0.4 is 5.32 Å². The maximum absolute atomic E-state index is 13.1. The van der Waals surface area contributed by atoms with Crippen molar-refractivity contribution in [2.75, 3.05) is 5.32 Å². The maximum atomic E-state index is 13.1. The quantitative estimate of drug-likeness (QED) is 0.444. The molecule has 0 aliphatic heterocycles. The summed E-state index contributed by atoms with van der Waals surface area (Å²) < 4.78 is 3.60. The second-order valence-electron chi connectivity index (χ2n) is 7.28. The van der Waals surface area contributed by atoms with E-state index in [4.69, 9.17) is 0 Å². The molecule has 0 fully saturated rings. The van der Waals surface area contributed by atoms with Crippen molar-refractivity contribution < 1.29 is 4.79 Å². The predicted molar refractivity (Wildman–Crippen MR) is 122 cm³/mol. The van der Waals surface area contributed by atoms with E-state index in [1.165, 1.54) is 16.9 Å². The Morgan fingerprint density at radius 2 is 1.84 bits per heavy atom. The number of benzene rings is 1. The standard InChI is InChI=1S/C23H20N6OS/c1-15-12-21(29(26-15)20-10-6-7-11-24-20)25-22(30)19-13-18-16(2)27-28(23(18)31-19)14-17-8-4-3-5-9-17/h3-13H,14H2,1-2H3,(H,25,30). The van der Waals surface area contributed by atoms with Gasteiger partial charge in [0.2, 0.25) is 0 Å². The van der Waals surface area contributed by atoms with Crippen LogP contribution in [0.3, 0.4) is 0 Å². The monoisotopic (exact) mass is 428 g/mol. The number of aryl methyl sites for hydroxylation is 2. The Labute approximate surface area is 183 Å². The minimum atomic E-state index is -0.177. The van der Waals surface area contributed by atoms with Gasteiger partial charge in [-0.05, 0) is 37.6 Å². The molecule has 1 N–H and O–H groups in total. The zero-order valence-corrected chi connectivity index (χ0v) is 17.9. The molecule has 5 rings (SSSR count). The highest BCUT2D eigenvalue weighted by Gasteiger charge is 2.18. The molecular formula is C23H20N6OS. The fourth-order valence-corrected chi connectivity index (χ4v) is 4.56. The molecule has 31 heavy (non-hydrogen) atoms. The number of amides is 1. The molecule has 1 amide bonds. The number of carbonyl (C=O) groups excluding carboxylic acids is 1. The first kappa shape index (κ1) is 19.2. The summed E-state index contributed by atoms with van der Waals surface area (Å²) in [6.45, 7) is 4.52. The molecule has 0 aliphatic carbocycles. The second-order valence-corrected chi connectivity index (χ2v) is 8.31. The SMILES string of the molecule is Cc1cc(NC(=O)c2cc3c(C)nn(Cc4ccccc4)c3s2)n(-c2ccccn2)n1. The number of hydrogen-bond acceptors (Lipinski definition) is 5. The topological polar surface area (TPSA) is 77.6 Å². The summed E-state index contributed by atoms with van der Waals surface area (Å²) in [7, 11) is 0. The van der Waals surface area contributed by atoms with Crippen LogP contribution in [0.5, 0.6) is 0 Å². The van der Waals surface area contributed by atoms with Crippen molar-refractivity contribution in [2.24, 2.45) is 0 Å². The lowest BCUT2D eigenvalue weighted by atomic mass is 10.2. The van der Waals surface area contributed by atoms with E-state index in [0.29, 0.717) is 23.1 Å². The van der Waals surface area contributed by atoms with Crippen molar-refractivity contribution in [1.29, 1.82) is 0 Å². The molecule has 5 aromatic rings. The summed E-state index contributed by atoms with van der Waals surface area (Å²) in [6.07, 6.45) is 1.70. The van der Waals surface area contributed by atoms with Crippen LogP contribution in [-0.2, 0) is 6.54 Å². The van der Waals surface area contributed by atoms with Gasteiger partial charge in [0.1, 0.15) is 10.6 Å². The van der Waals surface area contributed by atoms with E-state index >= 15 is 0 Å². The lowest BCUT2D eigenvalue weighted by molar-refractivity contribution is 0.103. The van der Waals surface area contributed by atoms with E-state index < -0.39 is 0 Å². The molecule has 4 aromatic heterocycles. The lowest BCUT2D eigenvalue weighted by Crippen LogP contribution is -2.14. The Kier molecular flexibility index (Phi) is 4.83. The Balaban J connectivity index is 1.44. The van der Waals surface area contributed by atoms with Gasteiger partial charge in [0.15, 0.2) is 5.82 Å². The molecule has 154 valence electrons. The summed E-state index contributed by atoms with van der Waals surface area (Å²) in [6, 6.07) is 19.5. The van der Waals surface area contributed by atoms with E-state index in [-0.39, 0.29) is 5.91 Å². The van der Waals surface area contributed by atoms with Gasteiger partial charge in [-0.1, -0.05) is 36.4 Å². The number of pyridine rings is 1. The van der Waals surface area contributed by atoms with Gasteiger partial charge in [0.25, 0.3) is 5.91 Å². The first-order chi connectivity index (χ1) is 15.1. The molecule has 4 heterocycles. The van der Waals surface area contributed by atoms with E-state index in [2.05, 4.69) is 32.6 Å². The minimum Gasteiger partial charge on any atom is -0.306 e. The molecule has 0 spiro atoms. The molecule has 0 saturated carbocycles. The van der Waals surface area contributed by atoms with Gasteiger partial charge < -0.3 is 5.32 Å². The smallest absolute Gasteiger partial charge is 0.266 e. The number of thiophene rings is 1. The number of nitrogens with zero attached hydrogens (tertiary/aromatic N) is 5. The zero-order valence-electron chi connectivity index (χ0n) is 17.1. The van der Waals surface area contributed by atoms with E-state index in [1.54, 1.807) is 10.9 Å². The number of anilines is 1. The average Bonchev–Trinajstić information content (AvgIpc) is 3.45. The van der Waals surface area contributed by atoms with Gasteiger partial charge in [-0.15, -0.1) is 11.3 Å². The highest BCUT2D eigenvalue weighted by atomic mass is 32.1. The Bertz CT molecular complexity index is 1370. The van der Waals surface area contributed by atoms with Gasteiger partial charge in [0.05, 0.1) is 22.8 Å². The molecule has 7 nitrogen and oxygen atoms in total. The van der Waals surface area contributed by atoms with Gasteiger partial charge in [0, 0.05) is 17.6 Å². The van der Waals surface area contributed by atoms with Crippen molar-refractivity contribution in [2.45, 2.75) is 20.4 Å². The number of carbonyl (C=O) groups is 1. The first-order valence-electron chi connectivity index (χ1n) is 9.89.